The molecular formula is C19H22ClN3O5S. The largest absolute Gasteiger partial charge is 0.504 e. The molecule has 1 aliphatic carbocycles. The molecule has 0 aliphatic heterocycles. The van der Waals surface area contributed by atoms with Gasteiger partial charge in [-0.2, -0.15) is 0 Å². The van der Waals surface area contributed by atoms with Crippen LogP contribution in [0.3, 0.4) is 0 Å². The molecule has 1 heterocycles. The van der Waals surface area contributed by atoms with Crippen LogP contribution in [0.2, 0.25) is 5.02 Å². The molecule has 4 N–H and O–H groups in total. The number of hydrogen-bond acceptors (Lipinski definition) is 8. The normalized spacial score (nSPS) is 22.1. The summed E-state index contributed by atoms with van der Waals surface area (Å²) < 4.78 is 25.5. The number of phenols is 1. The molecule has 1 aromatic carbocycles. The van der Waals surface area contributed by atoms with E-state index in [0.717, 1.165) is 12.0 Å². The highest BCUT2D eigenvalue weighted by molar-refractivity contribution is 7.92. The van der Waals surface area contributed by atoms with E-state index in [0.29, 0.717) is 12.2 Å². The van der Waals surface area contributed by atoms with E-state index in [9.17, 15) is 18.9 Å². The molecule has 4 atom stereocenters. The van der Waals surface area contributed by atoms with Crippen molar-refractivity contribution in [1.29, 1.82) is 4.78 Å². The van der Waals surface area contributed by atoms with Crippen molar-refractivity contribution in [2.75, 3.05) is 11.6 Å². The molecular weight excluding hydrogens is 418 g/mol. The zero-order valence-corrected chi connectivity index (χ0v) is 17.7. The minimum absolute atomic E-state index is 0.0135. The van der Waals surface area contributed by atoms with Crippen LogP contribution in [-0.2, 0) is 19.3 Å². The minimum atomic E-state index is -3.31. The summed E-state index contributed by atoms with van der Waals surface area (Å²) in [6.07, 6.45) is 1.77. The van der Waals surface area contributed by atoms with Gasteiger partial charge in [-0.05, 0) is 37.6 Å². The van der Waals surface area contributed by atoms with E-state index in [4.69, 9.17) is 20.8 Å². The van der Waals surface area contributed by atoms with Crippen LogP contribution in [0, 0.1) is 11.7 Å². The Bertz CT molecular complexity index is 1080. The molecule has 0 spiro atoms. The average molecular weight is 440 g/mol. The predicted molar refractivity (Wildman–Crippen MR) is 109 cm³/mol. The number of carbonyl (C=O) groups is 2. The van der Waals surface area contributed by atoms with Gasteiger partial charge in [-0.1, -0.05) is 18.5 Å². The van der Waals surface area contributed by atoms with Crippen molar-refractivity contribution in [1.82, 2.24) is 5.32 Å². The smallest absolute Gasteiger partial charge is 0.224 e. The van der Waals surface area contributed by atoms with Gasteiger partial charge in [0.25, 0.3) is 0 Å². The standard InChI is InChI=1S/C19H22ClN3O5S/c1-4-11(13-8-5-9(2)28-13)22-14-15(18(26)17(14)25)23-12-7-6-10(20)19(16(12)24)29(3,21)27/h5-8,11,14-15,21-24H,4H2,1-3H3/t11-,14?,15?,29?/m1/s1. The van der Waals surface area contributed by atoms with Gasteiger partial charge in [0, 0.05) is 6.26 Å². The molecule has 3 unspecified atom stereocenters. The Morgan fingerprint density at radius 1 is 1.24 bits per heavy atom. The molecule has 0 amide bonds. The maximum atomic E-state index is 12.2. The molecule has 10 heteroatoms. The maximum Gasteiger partial charge on any atom is 0.224 e. The average Bonchev–Trinajstić information content (AvgIpc) is 3.07. The number of rotatable bonds is 7. The van der Waals surface area contributed by atoms with Crippen LogP contribution in [0.4, 0.5) is 5.69 Å². The van der Waals surface area contributed by atoms with Crippen molar-refractivity contribution >= 4 is 38.6 Å². The van der Waals surface area contributed by atoms with Gasteiger partial charge < -0.3 is 14.8 Å². The summed E-state index contributed by atoms with van der Waals surface area (Å²) in [6.45, 7) is 3.74. The quantitative estimate of drug-likeness (QED) is 0.385. The summed E-state index contributed by atoms with van der Waals surface area (Å²) in [6, 6.07) is 4.40. The van der Waals surface area contributed by atoms with Crippen molar-refractivity contribution in [3.8, 4) is 5.75 Å². The highest BCUT2D eigenvalue weighted by Gasteiger charge is 2.50. The van der Waals surface area contributed by atoms with Gasteiger partial charge >= 0.3 is 0 Å². The molecule has 0 bridgehead atoms. The number of hydrogen-bond donors (Lipinski definition) is 4. The lowest BCUT2D eigenvalue weighted by Crippen LogP contribution is -2.67. The van der Waals surface area contributed by atoms with Gasteiger partial charge in [0.15, 0.2) is 5.75 Å². The van der Waals surface area contributed by atoms with Gasteiger partial charge in [-0.25, -0.2) is 8.99 Å². The summed E-state index contributed by atoms with van der Waals surface area (Å²) in [5, 5.41) is 16.4. The lowest BCUT2D eigenvalue weighted by atomic mass is 9.82. The van der Waals surface area contributed by atoms with Gasteiger partial charge in [-0.3, -0.25) is 14.9 Å². The Kier molecular flexibility index (Phi) is 5.75. The number of ketones is 2. The summed E-state index contributed by atoms with van der Waals surface area (Å²) in [5.74, 6) is -0.278. The minimum Gasteiger partial charge on any atom is -0.504 e. The number of aromatic hydroxyl groups is 1. The topological polar surface area (TPSA) is 132 Å². The Hall–Kier alpha value is -2.36. The second-order valence-corrected chi connectivity index (χ2v) is 9.52. The number of anilines is 1. The second-order valence-electron chi connectivity index (χ2n) is 7.02. The van der Waals surface area contributed by atoms with E-state index in [1.807, 2.05) is 26.0 Å². The molecule has 1 fully saturated rings. The van der Waals surface area contributed by atoms with Crippen LogP contribution in [0.5, 0.6) is 5.75 Å². The number of aryl methyl sites for hydroxylation is 1. The van der Waals surface area contributed by atoms with Gasteiger partial charge in [0.05, 0.1) is 26.5 Å². The molecule has 0 radical (unpaired) electrons. The third kappa shape index (κ3) is 4.03. The summed E-state index contributed by atoms with van der Waals surface area (Å²) in [4.78, 5) is 24.1. The number of Topliss-reactive ketones (excluding diaryl/α,β-unsaturated/α-hetero) is 2. The number of phenolic OH excluding ortho intramolecular Hbond substituents is 1. The lowest BCUT2D eigenvalue weighted by molar-refractivity contribution is -0.145. The van der Waals surface area contributed by atoms with Crippen LogP contribution >= 0.6 is 11.6 Å². The Balaban J connectivity index is 1.85. The van der Waals surface area contributed by atoms with Crippen molar-refractivity contribution < 1.29 is 23.3 Å². The summed E-state index contributed by atoms with van der Waals surface area (Å²) >= 11 is 5.98. The molecule has 1 aliphatic rings. The first-order valence-corrected chi connectivity index (χ1v) is 11.3. The van der Waals surface area contributed by atoms with E-state index < -0.39 is 39.1 Å². The zero-order valence-electron chi connectivity index (χ0n) is 16.1. The number of benzene rings is 1. The number of halogens is 1. The first-order chi connectivity index (χ1) is 13.5. The highest BCUT2D eigenvalue weighted by atomic mass is 35.5. The molecule has 8 nitrogen and oxygen atoms in total. The first-order valence-electron chi connectivity index (χ1n) is 8.96. The molecule has 3 rings (SSSR count). The van der Waals surface area contributed by atoms with Crippen LogP contribution in [-0.4, -0.2) is 39.2 Å². The summed E-state index contributed by atoms with van der Waals surface area (Å²) in [5.41, 5.74) is 0.0748. The third-order valence-electron chi connectivity index (χ3n) is 4.82. The first kappa shape index (κ1) is 21.4. The van der Waals surface area contributed by atoms with Gasteiger partial charge in [0.2, 0.25) is 11.6 Å². The van der Waals surface area contributed by atoms with E-state index in [2.05, 4.69) is 10.6 Å². The molecule has 29 heavy (non-hydrogen) atoms. The number of furan rings is 1. The maximum absolute atomic E-state index is 12.2. The van der Waals surface area contributed by atoms with Crippen molar-refractivity contribution in [2.45, 2.75) is 43.3 Å². The number of nitrogens with one attached hydrogen (secondary N) is 3. The molecule has 2 aromatic rings. The number of carbonyl (C=O) groups excluding carboxylic acids is 2. The van der Waals surface area contributed by atoms with E-state index in [1.165, 1.54) is 12.1 Å². The molecule has 156 valence electrons. The van der Waals surface area contributed by atoms with Crippen LogP contribution in [0.25, 0.3) is 0 Å². The SMILES string of the molecule is CC[C@@H](NC1C(=O)C(=O)C1Nc1ccc(Cl)c(S(C)(=N)=O)c1O)c1ccc(C)o1. The highest BCUT2D eigenvalue weighted by Crippen LogP contribution is 2.38. The fourth-order valence-electron chi connectivity index (χ4n) is 3.29. The Morgan fingerprint density at radius 3 is 2.45 bits per heavy atom. The van der Waals surface area contributed by atoms with Crippen molar-refractivity contribution in [3.63, 3.8) is 0 Å². The van der Waals surface area contributed by atoms with Crippen LogP contribution in [0.1, 0.15) is 30.9 Å². The summed E-state index contributed by atoms with van der Waals surface area (Å²) in [7, 11) is -3.31. The van der Waals surface area contributed by atoms with E-state index in [-0.39, 0.29) is 21.6 Å². The third-order valence-corrected chi connectivity index (χ3v) is 6.44. The second kappa shape index (κ2) is 7.81. The fourth-order valence-corrected chi connectivity index (χ4v) is 4.81. The van der Waals surface area contributed by atoms with Crippen molar-refractivity contribution in [2.24, 2.45) is 0 Å². The Labute approximate surface area is 173 Å². The van der Waals surface area contributed by atoms with Crippen molar-refractivity contribution in [3.05, 3.63) is 40.8 Å². The monoisotopic (exact) mass is 439 g/mol. The van der Waals surface area contributed by atoms with Gasteiger partial charge in [-0.15, -0.1) is 0 Å². The van der Waals surface area contributed by atoms with E-state index >= 15 is 0 Å². The van der Waals surface area contributed by atoms with Crippen LogP contribution in [0.15, 0.2) is 33.6 Å². The molecule has 0 saturated heterocycles. The molecule has 1 aromatic heterocycles. The Morgan fingerprint density at radius 2 is 1.90 bits per heavy atom. The zero-order chi connectivity index (χ0) is 21.5. The lowest BCUT2D eigenvalue weighted by Gasteiger charge is -2.37. The molecule has 1 saturated carbocycles. The van der Waals surface area contributed by atoms with E-state index in [1.54, 1.807) is 0 Å². The van der Waals surface area contributed by atoms with Gasteiger partial charge in [0.1, 0.15) is 28.5 Å². The van der Waals surface area contributed by atoms with Crippen LogP contribution < -0.4 is 10.6 Å². The predicted octanol–water partition coefficient (Wildman–Crippen LogP) is 3.02. The fraction of sp³-hybridized carbons (Fsp3) is 0.368.